The van der Waals surface area contributed by atoms with E-state index in [9.17, 15) is 5.11 Å². The van der Waals surface area contributed by atoms with Crippen molar-refractivity contribution in [3.8, 4) is 17.0 Å². The van der Waals surface area contributed by atoms with Crippen LogP contribution in [-0.2, 0) is 17.3 Å². The Morgan fingerprint density at radius 3 is 1.96 bits per heavy atom. The summed E-state index contributed by atoms with van der Waals surface area (Å²) in [5.74, 6) is 1.13. The molecule has 2 N–H and O–H groups in total. The SMILES string of the molecule is CC(C)(C)c1cc(-c2cc(CCCO)on2)cc(C(C)(C)C)c1O. The lowest BCUT2D eigenvalue weighted by Gasteiger charge is -2.28. The van der Waals surface area contributed by atoms with Gasteiger partial charge in [0.25, 0.3) is 0 Å². The van der Waals surface area contributed by atoms with Gasteiger partial charge in [-0.1, -0.05) is 46.7 Å². The Kier molecular flexibility index (Phi) is 5.09. The van der Waals surface area contributed by atoms with Gasteiger partial charge in [-0.25, -0.2) is 0 Å². The molecule has 24 heavy (non-hydrogen) atoms. The maximum atomic E-state index is 10.8. The van der Waals surface area contributed by atoms with Crippen molar-refractivity contribution in [3.05, 3.63) is 35.1 Å². The molecule has 0 aliphatic carbocycles. The van der Waals surface area contributed by atoms with Crippen molar-refractivity contribution in [3.63, 3.8) is 0 Å². The van der Waals surface area contributed by atoms with E-state index in [-0.39, 0.29) is 17.4 Å². The molecule has 0 unspecified atom stereocenters. The van der Waals surface area contributed by atoms with Crippen molar-refractivity contribution in [1.82, 2.24) is 5.16 Å². The van der Waals surface area contributed by atoms with Crippen molar-refractivity contribution < 1.29 is 14.7 Å². The summed E-state index contributed by atoms with van der Waals surface area (Å²) in [4.78, 5) is 0. The fraction of sp³-hybridized carbons (Fsp3) is 0.550. The molecule has 0 bridgehead atoms. The Bertz CT molecular complexity index is 667. The third-order valence-electron chi connectivity index (χ3n) is 4.16. The van der Waals surface area contributed by atoms with Crippen molar-refractivity contribution in [1.29, 1.82) is 0 Å². The summed E-state index contributed by atoms with van der Waals surface area (Å²) < 4.78 is 5.38. The van der Waals surface area contributed by atoms with E-state index in [0.29, 0.717) is 18.6 Å². The molecular formula is C20H29NO3. The Morgan fingerprint density at radius 2 is 1.50 bits per heavy atom. The average molecular weight is 331 g/mol. The number of aromatic hydroxyl groups is 1. The molecular weight excluding hydrogens is 302 g/mol. The second kappa shape index (κ2) is 6.60. The molecule has 4 heteroatoms. The van der Waals surface area contributed by atoms with Gasteiger partial charge in [0.2, 0.25) is 0 Å². The molecule has 2 aromatic rings. The number of benzene rings is 1. The number of phenols is 1. The van der Waals surface area contributed by atoms with Gasteiger partial charge in [-0.3, -0.25) is 0 Å². The minimum atomic E-state index is -0.177. The first-order valence-electron chi connectivity index (χ1n) is 8.49. The van der Waals surface area contributed by atoms with E-state index < -0.39 is 0 Å². The van der Waals surface area contributed by atoms with E-state index in [1.807, 2.05) is 18.2 Å². The third-order valence-corrected chi connectivity index (χ3v) is 4.16. The molecule has 0 amide bonds. The summed E-state index contributed by atoms with van der Waals surface area (Å²) in [7, 11) is 0. The van der Waals surface area contributed by atoms with Gasteiger partial charge >= 0.3 is 0 Å². The van der Waals surface area contributed by atoms with Gasteiger partial charge in [0, 0.05) is 35.8 Å². The van der Waals surface area contributed by atoms with Crippen LogP contribution in [0.2, 0.25) is 0 Å². The number of aliphatic hydroxyl groups is 1. The van der Waals surface area contributed by atoms with Crippen LogP contribution < -0.4 is 0 Å². The highest BCUT2D eigenvalue weighted by Crippen LogP contribution is 2.41. The molecule has 1 aromatic heterocycles. The highest BCUT2D eigenvalue weighted by Gasteiger charge is 2.27. The van der Waals surface area contributed by atoms with Crippen molar-refractivity contribution in [2.24, 2.45) is 0 Å². The molecule has 0 radical (unpaired) electrons. The van der Waals surface area contributed by atoms with E-state index in [1.165, 1.54) is 0 Å². The standard InChI is InChI=1S/C20H29NO3/c1-19(2,3)15-10-13(11-16(18(15)23)20(4,5)6)17-12-14(24-21-17)8-7-9-22/h10-12,22-23H,7-9H2,1-6H3. The Morgan fingerprint density at radius 1 is 0.958 bits per heavy atom. The Labute approximate surface area is 144 Å². The quantitative estimate of drug-likeness (QED) is 0.861. The number of hydrogen-bond acceptors (Lipinski definition) is 4. The monoisotopic (exact) mass is 331 g/mol. The summed E-state index contributed by atoms with van der Waals surface area (Å²) in [6, 6.07) is 5.91. The zero-order valence-corrected chi connectivity index (χ0v) is 15.6. The molecule has 4 nitrogen and oxygen atoms in total. The van der Waals surface area contributed by atoms with E-state index >= 15 is 0 Å². The normalized spacial score (nSPS) is 12.6. The minimum Gasteiger partial charge on any atom is -0.507 e. The third kappa shape index (κ3) is 3.99. The van der Waals surface area contributed by atoms with Gasteiger partial charge in [-0.05, 0) is 29.4 Å². The minimum absolute atomic E-state index is 0.136. The maximum absolute atomic E-state index is 10.8. The first kappa shape index (κ1) is 18.5. The number of aryl methyl sites for hydroxylation is 1. The predicted octanol–water partition coefficient (Wildman–Crippen LogP) is 4.57. The summed E-state index contributed by atoms with van der Waals surface area (Å²) in [5, 5.41) is 23.9. The lowest BCUT2D eigenvalue weighted by Crippen LogP contribution is -2.17. The topological polar surface area (TPSA) is 66.5 Å². The molecule has 0 atom stereocenters. The number of nitrogens with zero attached hydrogens (tertiary/aromatic N) is 1. The fourth-order valence-corrected chi connectivity index (χ4v) is 2.75. The van der Waals surface area contributed by atoms with Gasteiger partial charge in [-0.15, -0.1) is 0 Å². The van der Waals surface area contributed by atoms with E-state index in [0.717, 1.165) is 28.1 Å². The molecule has 132 valence electrons. The second-order valence-electron chi connectivity index (χ2n) is 8.43. The van der Waals surface area contributed by atoms with Gasteiger partial charge in [-0.2, -0.15) is 0 Å². The van der Waals surface area contributed by atoms with Gasteiger partial charge < -0.3 is 14.7 Å². The largest absolute Gasteiger partial charge is 0.507 e. The molecule has 0 aliphatic rings. The van der Waals surface area contributed by atoms with E-state index in [4.69, 9.17) is 9.63 Å². The first-order valence-corrected chi connectivity index (χ1v) is 8.49. The first-order chi connectivity index (χ1) is 11.0. The van der Waals surface area contributed by atoms with Gasteiger partial charge in [0.15, 0.2) is 0 Å². The molecule has 1 aromatic carbocycles. The van der Waals surface area contributed by atoms with Crippen LogP contribution >= 0.6 is 0 Å². The highest BCUT2D eigenvalue weighted by atomic mass is 16.5. The number of phenolic OH excluding ortho intramolecular Hbond substituents is 1. The molecule has 0 aliphatic heterocycles. The summed E-state index contributed by atoms with van der Waals surface area (Å²) >= 11 is 0. The zero-order chi connectivity index (χ0) is 18.1. The summed E-state index contributed by atoms with van der Waals surface area (Å²) in [6.07, 6.45) is 1.32. The predicted molar refractivity (Wildman–Crippen MR) is 96.4 cm³/mol. The van der Waals surface area contributed by atoms with Crippen LogP contribution in [0, 0.1) is 0 Å². The molecule has 0 fully saturated rings. The van der Waals surface area contributed by atoms with Crippen molar-refractivity contribution >= 4 is 0 Å². The van der Waals surface area contributed by atoms with Crippen LogP contribution in [0.5, 0.6) is 5.75 Å². The Hall–Kier alpha value is -1.81. The Balaban J connectivity index is 2.56. The maximum Gasteiger partial charge on any atom is 0.137 e. The van der Waals surface area contributed by atoms with Crippen LogP contribution in [0.25, 0.3) is 11.3 Å². The zero-order valence-electron chi connectivity index (χ0n) is 15.6. The number of rotatable bonds is 4. The van der Waals surface area contributed by atoms with Crippen molar-refractivity contribution in [2.45, 2.75) is 65.2 Å². The van der Waals surface area contributed by atoms with Crippen LogP contribution in [0.1, 0.15) is 64.9 Å². The highest BCUT2D eigenvalue weighted by molar-refractivity contribution is 5.66. The number of hydrogen-bond donors (Lipinski definition) is 2. The molecule has 0 saturated carbocycles. The molecule has 0 spiro atoms. The molecule has 1 heterocycles. The van der Waals surface area contributed by atoms with Crippen LogP contribution in [0.15, 0.2) is 22.7 Å². The number of aliphatic hydroxyl groups excluding tert-OH is 1. The summed E-state index contributed by atoms with van der Waals surface area (Å²) in [5.41, 5.74) is 3.17. The summed E-state index contributed by atoms with van der Waals surface area (Å²) in [6.45, 7) is 12.7. The molecule has 0 saturated heterocycles. The van der Waals surface area contributed by atoms with E-state index in [1.54, 1.807) is 0 Å². The van der Waals surface area contributed by atoms with Gasteiger partial charge in [0.1, 0.15) is 17.2 Å². The fourth-order valence-electron chi connectivity index (χ4n) is 2.75. The smallest absolute Gasteiger partial charge is 0.137 e. The lowest BCUT2D eigenvalue weighted by atomic mass is 9.78. The van der Waals surface area contributed by atoms with Crippen molar-refractivity contribution in [2.75, 3.05) is 6.61 Å². The molecule has 2 rings (SSSR count). The lowest BCUT2D eigenvalue weighted by molar-refractivity contribution is 0.280. The van der Waals surface area contributed by atoms with E-state index in [2.05, 4.69) is 46.7 Å². The average Bonchev–Trinajstić information content (AvgIpc) is 2.91. The number of aromatic nitrogens is 1. The second-order valence-corrected chi connectivity index (χ2v) is 8.43. The van der Waals surface area contributed by atoms with Crippen LogP contribution in [0.3, 0.4) is 0 Å². The van der Waals surface area contributed by atoms with Gasteiger partial charge in [0.05, 0.1) is 0 Å². The van der Waals surface area contributed by atoms with Crippen LogP contribution in [0.4, 0.5) is 0 Å². The van der Waals surface area contributed by atoms with Crippen LogP contribution in [-0.4, -0.2) is 22.0 Å².